The second kappa shape index (κ2) is 8.64. The van der Waals surface area contributed by atoms with Crippen molar-refractivity contribution in [3.05, 3.63) is 53.1 Å². The van der Waals surface area contributed by atoms with Crippen molar-refractivity contribution in [1.29, 1.82) is 0 Å². The van der Waals surface area contributed by atoms with Gasteiger partial charge in [-0.15, -0.1) is 0 Å². The molecule has 0 saturated heterocycles. The number of carbonyl (C=O) groups is 2. The number of benzene rings is 2. The highest BCUT2D eigenvalue weighted by atomic mass is 19.4. The summed E-state index contributed by atoms with van der Waals surface area (Å²) < 4.78 is 50.1. The molecule has 0 aromatic heterocycles. The summed E-state index contributed by atoms with van der Waals surface area (Å²) in [5, 5.41) is 11.5. The van der Waals surface area contributed by atoms with Gasteiger partial charge in [-0.05, 0) is 53.8 Å². The first kappa shape index (κ1) is 21.5. The maximum atomic E-state index is 13.2. The van der Waals surface area contributed by atoms with Crippen LogP contribution in [0.5, 0.6) is 5.75 Å². The van der Waals surface area contributed by atoms with Gasteiger partial charge in [0.25, 0.3) is 0 Å². The molecule has 6 nitrogen and oxygen atoms in total. The fourth-order valence-electron chi connectivity index (χ4n) is 2.98. The molecular weight excluding hydrogens is 403 g/mol. The molecule has 160 valence electrons. The monoisotopic (exact) mass is 423 g/mol. The molecule has 1 aliphatic rings. The summed E-state index contributed by atoms with van der Waals surface area (Å²) in [6, 6.07) is 7.87. The van der Waals surface area contributed by atoms with Crippen molar-refractivity contribution >= 4 is 12.1 Å². The third kappa shape index (κ3) is 5.43. The van der Waals surface area contributed by atoms with E-state index >= 15 is 0 Å². The van der Waals surface area contributed by atoms with Crippen LogP contribution < -0.4 is 10.1 Å². The maximum Gasteiger partial charge on any atom is 0.416 e. The van der Waals surface area contributed by atoms with Gasteiger partial charge in [0, 0.05) is 12.1 Å². The van der Waals surface area contributed by atoms with E-state index in [9.17, 15) is 22.8 Å². The number of nitrogens with one attached hydrogen (secondary N) is 1. The van der Waals surface area contributed by atoms with Gasteiger partial charge in [0.2, 0.25) is 0 Å². The van der Waals surface area contributed by atoms with Crippen LogP contribution in [0.15, 0.2) is 36.4 Å². The van der Waals surface area contributed by atoms with Crippen LogP contribution in [0.2, 0.25) is 0 Å². The van der Waals surface area contributed by atoms with Gasteiger partial charge in [-0.1, -0.05) is 12.1 Å². The Morgan fingerprint density at radius 2 is 1.87 bits per heavy atom. The Kier molecular flexibility index (Phi) is 6.19. The number of carboxylic acids is 1. The number of rotatable bonds is 7. The summed E-state index contributed by atoms with van der Waals surface area (Å²) in [5.41, 5.74) is 0.615. The van der Waals surface area contributed by atoms with E-state index in [4.69, 9.17) is 14.6 Å². The zero-order valence-corrected chi connectivity index (χ0v) is 16.1. The lowest BCUT2D eigenvalue weighted by Crippen LogP contribution is -2.25. The molecule has 1 saturated carbocycles. The van der Waals surface area contributed by atoms with Gasteiger partial charge in [-0.25, -0.2) is 4.79 Å². The predicted molar refractivity (Wildman–Crippen MR) is 101 cm³/mol. The highest BCUT2D eigenvalue weighted by molar-refractivity contribution is 5.77. The fraction of sp³-hybridized carbons (Fsp3) is 0.333. The summed E-state index contributed by atoms with van der Waals surface area (Å²) in [7, 11) is 1.41. The van der Waals surface area contributed by atoms with Crippen molar-refractivity contribution in [3.63, 3.8) is 0 Å². The average Bonchev–Trinajstić information content (AvgIpc) is 3.49. The van der Waals surface area contributed by atoms with E-state index in [2.05, 4.69) is 5.32 Å². The van der Waals surface area contributed by atoms with Crippen LogP contribution in [0.1, 0.15) is 29.5 Å². The molecule has 0 unspecified atom stereocenters. The second-order valence-electron chi connectivity index (χ2n) is 6.93. The number of methoxy groups -OCH3 is 1. The topological polar surface area (TPSA) is 84.9 Å². The van der Waals surface area contributed by atoms with E-state index in [1.165, 1.54) is 13.2 Å². The molecule has 1 aliphatic carbocycles. The number of alkyl halides is 3. The molecular formula is C21H20F3NO5. The first-order valence-electron chi connectivity index (χ1n) is 9.21. The summed E-state index contributed by atoms with van der Waals surface area (Å²) >= 11 is 0. The van der Waals surface area contributed by atoms with Gasteiger partial charge >= 0.3 is 18.2 Å². The smallest absolute Gasteiger partial charge is 0.416 e. The second-order valence-corrected chi connectivity index (χ2v) is 6.93. The number of hydrogen-bond acceptors (Lipinski definition) is 4. The minimum atomic E-state index is -4.56. The molecule has 0 bridgehead atoms. The maximum absolute atomic E-state index is 13.2. The highest BCUT2D eigenvalue weighted by Crippen LogP contribution is 2.37. The van der Waals surface area contributed by atoms with E-state index in [0.29, 0.717) is 22.4 Å². The Bertz CT molecular complexity index is 954. The van der Waals surface area contributed by atoms with Crippen molar-refractivity contribution in [2.45, 2.75) is 38.1 Å². The normalized spacial score (nSPS) is 13.6. The van der Waals surface area contributed by atoms with Crippen molar-refractivity contribution in [1.82, 2.24) is 5.32 Å². The molecule has 1 amide bonds. The van der Waals surface area contributed by atoms with E-state index in [-0.39, 0.29) is 24.6 Å². The van der Waals surface area contributed by atoms with Crippen molar-refractivity contribution in [3.8, 4) is 16.9 Å². The lowest BCUT2D eigenvalue weighted by molar-refractivity contribution is -0.138. The Morgan fingerprint density at radius 3 is 2.47 bits per heavy atom. The van der Waals surface area contributed by atoms with E-state index in [0.717, 1.165) is 25.0 Å². The number of ether oxygens (including phenoxy) is 2. The molecule has 0 radical (unpaired) electrons. The molecule has 1 fully saturated rings. The van der Waals surface area contributed by atoms with E-state index < -0.39 is 23.8 Å². The summed E-state index contributed by atoms with van der Waals surface area (Å²) in [6.07, 6.45) is -4.10. The lowest BCUT2D eigenvalue weighted by Gasteiger charge is -2.17. The zero-order chi connectivity index (χ0) is 21.9. The Morgan fingerprint density at radius 1 is 1.13 bits per heavy atom. The van der Waals surface area contributed by atoms with Crippen molar-refractivity contribution < 1.29 is 37.3 Å². The van der Waals surface area contributed by atoms with Crippen LogP contribution in [0.3, 0.4) is 0 Å². The van der Waals surface area contributed by atoms with Crippen LogP contribution >= 0.6 is 0 Å². The molecule has 0 spiro atoms. The van der Waals surface area contributed by atoms with Crippen LogP contribution in [0.25, 0.3) is 11.1 Å². The van der Waals surface area contributed by atoms with Gasteiger partial charge in [0.1, 0.15) is 11.9 Å². The number of carbonyl (C=O) groups excluding carboxylic acids is 1. The molecule has 0 atom stereocenters. The lowest BCUT2D eigenvalue weighted by atomic mass is 9.94. The quantitative estimate of drug-likeness (QED) is 0.690. The third-order valence-electron chi connectivity index (χ3n) is 4.56. The predicted octanol–water partition coefficient (Wildman–Crippen LogP) is 4.40. The molecule has 9 heteroatoms. The molecule has 30 heavy (non-hydrogen) atoms. The Hall–Kier alpha value is -3.23. The van der Waals surface area contributed by atoms with Gasteiger partial charge in [0.05, 0.1) is 19.1 Å². The number of hydrogen-bond donors (Lipinski definition) is 2. The molecule has 3 rings (SSSR count). The van der Waals surface area contributed by atoms with Crippen molar-refractivity contribution in [2.24, 2.45) is 0 Å². The Balaban J connectivity index is 1.99. The highest BCUT2D eigenvalue weighted by Gasteiger charge is 2.31. The number of alkyl carbamates (subject to hydrolysis) is 1. The number of amides is 1. The van der Waals surface area contributed by atoms with Crippen LogP contribution in [-0.2, 0) is 28.7 Å². The molecule has 0 heterocycles. The fourth-order valence-corrected chi connectivity index (χ4v) is 2.98. The third-order valence-corrected chi connectivity index (χ3v) is 4.56. The molecule has 2 aromatic rings. The minimum Gasteiger partial charge on any atom is -0.496 e. The molecule has 2 aromatic carbocycles. The molecule has 0 aliphatic heterocycles. The summed E-state index contributed by atoms with van der Waals surface area (Å²) in [5.74, 6) is -0.672. The first-order chi connectivity index (χ1) is 14.2. The molecule has 2 N–H and O–H groups in total. The summed E-state index contributed by atoms with van der Waals surface area (Å²) in [6.45, 7) is -0.197. The summed E-state index contributed by atoms with van der Waals surface area (Å²) in [4.78, 5) is 22.9. The largest absolute Gasteiger partial charge is 0.496 e. The SMILES string of the molecule is COc1ccc(CC(=O)O)cc1-c1ccc(C(F)(F)F)cc1CNC(=O)OC1CC1. The standard InChI is InChI=1S/C21H20F3NO5/c1-29-18-7-2-12(9-19(26)27)8-17(18)16-6-3-14(21(22,23)24)10-13(16)11-25-20(28)30-15-4-5-15/h2-3,6-8,10,15H,4-5,9,11H2,1H3,(H,25,28)(H,26,27). The number of carboxylic acid groups (broad SMARTS) is 1. The van der Waals surface area contributed by atoms with Gasteiger partial charge < -0.3 is 19.9 Å². The van der Waals surface area contributed by atoms with Crippen LogP contribution in [0.4, 0.5) is 18.0 Å². The van der Waals surface area contributed by atoms with E-state index in [1.54, 1.807) is 18.2 Å². The van der Waals surface area contributed by atoms with Gasteiger partial charge in [0.15, 0.2) is 0 Å². The number of aliphatic carboxylic acids is 1. The zero-order valence-electron chi connectivity index (χ0n) is 16.1. The van der Waals surface area contributed by atoms with Gasteiger partial charge in [-0.2, -0.15) is 13.2 Å². The Labute approximate surface area is 170 Å². The minimum absolute atomic E-state index is 0.140. The van der Waals surface area contributed by atoms with Gasteiger partial charge in [-0.3, -0.25) is 4.79 Å². The van der Waals surface area contributed by atoms with E-state index in [1.807, 2.05) is 0 Å². The van der Waals surface area contributed by atoms with Crippen molar-refractivity contribution in [2.75, 3.05) is 7.11 Å². The van der Waals surface area contributed by atoms with Crippen LogP contribution in [0, 0.1) is 0 Å². The average molecular weight is 423 g/mol. The van der Waals surface area contributed by atoms with Crippen LogP contribution in [-0.4, -0.2) is 30.4 Å². The number of halogens is 3. The first-order valence-corrected chi connectivity index (χ1v) is 9.21.